The van der Waals surface area contributed by atoms with E-state index in [-0.39, 0.29) is 36.9 Å². The lowest BCUT2D eigenvalue weighted by Gasteiger charge is -2.34. The summed E-state index contributed by atoms with van der Waals surface area (Å²) in [5.41, 5.74) is 0.267. The summed E-state index contributed by atoms with van der Waals surface area (Å²) in [6, 6.07) is 3.06. The number of carbonyl (C=O) groups is 3. The fourth-order valence-electron chi connectivity index (χ4n) is 2.37. The molecule has 1 unspecified atom stereocenters. The molecule has 9 heteroatoms. The Labute approximate surface area is 142 Å². The molecule has 1 atom stereocenters. The van der Waals surface area contributed by atoms with E-state index in [2.05, 4.69) is 5.32 Å². The highest BCUT2D eigenvalue weighted by Crippen LogP contribution is 2.19. The van der Waals surface area contributed by atoms with Gasteiger partial charge in [0.25, 0.3) is 0 Å². The van der Waals surface area contributed by atoms with Gasteiger partial charge in [0.2, 0.25) is 11.8 Å². The number of anilines is 1. The molecule has 0 aliphatic carbocycles. The number of carboxylic acid groups (broad SMARTS) is 1. The molecule has 24 heavy (non-hydrogen) atoms. The molecule has 1 aliphatic heterocycles. The molecular formula is C15H16ClFN2O5. The normalized spacial score (nSPS) is 17.4. The molecule has 1 aromatic carbocycles. The van der Waals surface area contributed by atoms with Crippen LogP contribution in [0.25, 0.3) is 0 Å². The molecule has 1 heterocycles. The van der Waals surface area contributed by atoms with Gasteiger partial charge in [0, 0.05) is 12.2 Å². The van der Waals surface area contributed by atoms with Crippen LogP contribution in [-0.2, 0) is 19.1 Å². The van der Waals surface area contributed by atoms with E-state index in [0.29, 0.717) is 0 Å². The van der Waals surface area contributed by atoms with E-state index in [1.54, 1.807) is 0 Å². The first-order valence-corrected chi connectivity index (χ1v) is 7.58. The molecule has 2 N–H and O–H groups in total. The summed E-state index contributed by atoms with van der Waals surface area (Å²) in [6.45, 7) is 0.636. The summed E-state index contributed by atoms with van der Waals surface area (Å²) >= 11 is 5.62. The maximum absolute atomic E-state index is 13.1. The number of nitrogens with one attached hydrogen (secondary N) is 1. The molecule has 1 aliphatic rings. The summed E-state index contributed by atoms with van der Waals surface area (Å²) < 4.78 is 18.3. The van der Waals surface area contributed by atoms with Crippen molar-refractivity contribution in [3.8, 4) is 0 Å². The number of hydrogen-bond acceptors (Lipinski definition) is 4. The van der Waals surface area contributed by atoms with Gasteiger partial charge in [-0.1, -0.05) is 11.6 Å². The minimum absolute atomic E-state index is 0.118. The quantitative estimate of drug-likeness (QED) is 0.778. The van der Waals surface area contributed by atoms with E-state index in [9.17, 15) is 18.8 Å². The summed E-state index contributed by atoms with van der Waals surface area (Å²) in [6.07, 6.45) is -0.702. The standard InChI is InChI=1S/C15H16ClFN2O5/c16-11-5-9(1-2-12(11)17)18-13(20)7-14(21)19-3-4-24-8-10(19)6-15(22)23/h1-2,5,10H,3-4,6-8H2,(H,18,20)(H,22,23). The van der Waals surface area contributed by atoms with Crippen molar-refractivity contribution in [2.75, 3.05) is 25.1 Å². The highest BCUT2D eigenvalue weighted by atomic mass is 35.5. The second-order valence-electron chi connectivity index (χ2n) is 5.27. The van der Waals surface area contributed by atoms with Gasteiger partial charge >= 0.3 is 5.97 Å². The largest absolute Gasteiger partial charge is 0.481 e. The van der Waals surface area contributed by atoms with Crippen LogP contribution in [0.2, 0.25) is 5.02 Å². The number of carboxylic acids is 1. The third-order valence-electron chi connectivity index (χ3n) is 3.47. The number of nitrogens with zero attached hydrogens (tertiary/aromatic N) is 1. The molecule has 2 rings (SSSR count). The fourth-order valence-corrected chi connectivity index (χ4v) is 2.55. The van der Waals surface area contributed by atoms with Gasteiger partial charge in [-0.2, -0.15) is 0 Å². The summed E-state index contributed by atoms with van der Waals surface area (Å²) in [5.74, 6) is -2.75. The van der Waals surface area contributed by atoms with Crippen LogP contribution >= 0.6 is 11.6 Å². The SMILES string of the molecule is O=C(O)CC1COCCN1C(=O)CC(=O)Nc1ccc(F)c(Cl)c1. The molecule has 0 spiro atoms. The highest BCUT2D eigenvalue weighted by molar-refractivity contribution is 6.31. The predicted molar refractivity (Wildman–Crippen MR) is 83.2 cm³/mol. The van der Waals surface area contributed by atoms with Gasteiger partial charge < -0.3 is 20.1 Å². The van der Waals surface area contributed by atoms with Crippen molar-refractivity contribution in [1.82, 2.24) is 4.90 Å². The molecule has 0 saturated carbocycles. The average Bonchev–Trinajstić information content (AvgIpc) is 2.50. The molecular weight excluding hydrogens is 343 g/mol. The average molecular weight is 359 g/mol. The minimum Gasteiger partial charge on any atom is -0.481 e. The fraction of sp³-hybridized carbons (Fsp3) is 0.400. The van der Waals surface area contributed by atoms with Gasteiger partial charge in [-0.15, -0.1) is 0 Å². The topological polar surface area (TPSA) is 95.9 Å². The lowest BCUT2D eigenvalue weighted by Crippen LogP contribution is -2.50. The van der Waals surface area contributed by atoms with E-state index in [1.165, 1.54) is 17.0 Å². The van der Waals surface area contributed by atoms with Crippen LogP contribution in [0.4, 0.5) is 10.1 Å². The van der Waals surface area contributed by atoms with Crippen LogP contribution in [-0.4, -0.2) is 53.6 Å². The molecule has 130 valence electrons. The molecule has 1 aromatic rings. The van der Waals surface area contributed by atoms with Gasteiger partial charge in [0.05, 0.1) is 30.7 Å². The third-order valence-corrected chi connectivity index (χ3v) is 3.76. The van der Waals surface area contributed by atoms with Crippen LogP contribution in [0, 0.1) is 5.82 Å². The Bertz CT molecular complexity index is 655. The van der Waals surface area contributed by atoms with Crippen molar-refractivity contribution in [3.05, 3.63) is 29.0 Å². The van der Waals surface area contributed by atoms with Crippen LogP contribution in [0.3, 0.4) is 0 Å². The van der Waals surface area contributed by atoms with Gasteiger partial charge in [0.1, 0.15) is 12.2 Å². The Balaban J connectivity index is 1.95. The molecule has 0 bridgehead atoms. The Hall–Kier alpha value is -2.19. The second-order valence-corrected chi connectivity index (χ2v) is 5.67. The lowest BCUT2D eigenvalue weighted by atomic mass is 10.1. The maximum Gasteiger partial charge on any atom is 0.305 e. The smallest absolute Gasteiger partial charge is 0.305 e. The third kappa shape index (κ3) is 4.90. The van der Waals surface area contributed by atoms with Crippen LogP contribution in [0.5, 0.6) is 0 Å². The molecule has 0 aromatic heterocycles. The van der Waals surface area contributed by atoms with Crippen LogP contribution in [0.1, 0.15) is 12.8 Å². The molecule has 0 radical (unpaired) electrons. The lowest BCUT2D eigenvalue weighted by molar-refractivity contribution is -0.147. The zero-order valence-corrected chi connectivity index (χ0v) is 13.4. The number of halogens is 2. The number of aliphatic carboxylic acids is 1. The van der Waals surface area contributed by atoms with E-state index in [1.807, 2.05) is 0 Å². The first kappa shape index (κ1) is 18.2. The number of benzene rings is 1. The summed E-state index contributed by atoms with van der Waals surface area (Å²) in [5, 5.41) is 11.2. The molecule has 1 saturated heterocycles. The number of amides is 2. The van der Waals surface area contributed by atoms with E-state index < -0.39 is 36.1 Å². The van der Waals surface area contributed by atoms with Crippen molar-refractivity contribution >= 4 is 35.1 Å². The van der Waals surface area contributed by atoms with Crippen molar-refractivity contribution in [3.63, 3.8) is 0 Å². The number of ether oxygens (including phenoxy) is 1. The Kier molecular flexibility index (Phi) is 6.10. The predicted octanol–water partition coefficient (Wildman–Crippen LogP) is 1.51. The van der Waals surface area contributed by atoms with Crippen LogP contribution in [0.15, 0.2) is 18.2 Å². The number of morpholine rings is 1. The van der Waals surface area contributed by atoms with Crippen molar-refractivity contribution in [1.29, 1.82) is 0 Å². The zero-order valence-electron chi connectivity index (χ0n) is 12.6. The Morgan fingerprint density at radius 2 is 2.17 bits per heavy atom. The molecule has 1 fully saturated rings. The molecule has 2 amide bonds. The van der Waals surface area contributed by atoms with Crippen molar-refractivity contribution in [2.24, 2.45) is 0 Å². The van der Waals surface area contributed by atoms with Crippen LogP contribution < -0.4 is 5.32 Å². The second kappa shape index (κ2) is 8.07. The minimum atomic E-state index is -1.05. The van der Waals surface area contributed by atoms with E-state index in [0.717, 1.165) is 6.07 Å². The summed E-state index contributed by atoms with van der Waals surface area (Å²) in [7, 11) is 0. The van der Waals surface area contributed by atoms with Gasteiger partial charge in [-0.3, -0.25) is 14.4 Å². The number of rotatable bonds is 5. The van der Waals surface area contributed by atoms with Gasteiger partial charge in [-0.25, -0.2) is 4.39 Å². The van der Waals surface area contributed by atoms with Crippen molar-refractivity contribution < 1.29 is 28.6 Å². The number of carbonyl (C=O) groups excluding carboxylic acids is 2. The van der Waals surface area contributed by atoms with E-state index in [4.69, 9.17) is 21.4 Å². The van der Waals surface area contributed by atoms with Crippen molar-refractivity contribution in [2.45, 2.75) is 18.9 Å². The monoisotopic (exact) mass is 358 g/mol. The molecule has 7 nitrogen and oxygen atoms in total. The van der Waals surface area contributed by atoms with Gasteiger partial charge in [0.15, 0.2) is 0 Å². The zero-order chi connectivity index (χ0) is 17.7. The number of hydrogen-bond donors (Lipinski definition) is 2. The highest BCUT2D eigenvalue weighted by Gasteiger charge is 2.30. The van der Waals surface area contributed by atoms with E-state index >= 15 is 0 Å². The Morgan fingerprint density at radius 3 is 2.83 bits per heavy atom. The maximum atomic E-state index is 13.1. The Morgan fingerprint density at radius 1 is 1.42 bits per heavy atom. The first-order valence-electron chi connectivity index (χ1n) is 7.20. The van der Waals surface area contributed by atoms with Gasteiger partial charge in [-0.05, 0) is 18.2 Å². The summed E-state index contributed by atoms with van der Waals surface area (Å²) in [4.78, 5) is 36.4. The first-order chi connectivity index (χ1) is 11.4.